The lowest BCUT2D eigenvalue weighted by Crippen LogP contribution is -2.41. The fraction of sp³-hybridized carbons (Fsp3) is 0.652. The molecule has 1 unspecified atom stereocenters. The summed E-state index contributed by atoms with van der Waals surface area (Å²) in [6.45, 7) is 8.10. The van der Waals surface area contributed by atoms with Gasteiger partial charge in [0, 0.05) is 44.1 Å². The first kappa shape index (κ1) is 20.7. The van der Waals surface area contributed by atoms with Crippen LogP contribution in [0.4, 0.5) is 0 Å². The smallest absolute Gasteiger partial charge is 0.253 e. The number of carbonyl (C=O) groups excluding carboxylic acids is 2. The Balaban J connectivity index is 1.53. The normalized spacial score (nSPS) is 20.3. The van der Waals surface area contributed by atoms with E-state index in [2.05, 4.69) is 13.8 Å². The summed E-state index contributed by atoms with van der Waals surface area (Å²) < 4.78 is 6.02. The van der Waals surface area contributed by atoms with Gasteiger partial charge in [-0.25, -0.2) is 0 Å². The SMILES string of the molecule is CC(C)CC(=O)N1CCCC(COc2cccc(C(=O)N3CCCCC3)c2)C1. The maximum Gasteiger partial charge on any atom is 0.253 e. The molecule has 2 aliphatic rings. The predicted molar refractivity (Wildman–Crippen MR) is 110 cm³/mol. The van der Waals surface area contributed by atoms with Crippen molar-refractivity contribution in [3.8, 4) is 5.75 Å². The summed E-state index contributed by atoms with van der Waals surface area (Å²) in [7, 11) is 0. The van der Waals surface area contributed by atoms with Crippen molar-refractivity contribution < 1.29 is 14.3 Å². The van der Waals surface area contributed by atoms with Gasteiger partial charge in [-0.15, -0.1) is 0 Å². The lowest BCUT2D eigenvalue weighted by Gasteiger charge is -2.33. The first-order valence-electron chi connectivity index (χ1n) is 10.8. The number of rotatable bonds is 6. The van der Waals surface area contributed by atoms with Gasteiger partial charge < -0.3 is 14.5 Å². The molecule has 1 atom stereocenters. The molecule has 5 heteroatoms. The zero-order chi connectivity index (χ0) is 19.9. The average Bonchev–Trinajstić information content (AvgIpc) is 2.72. The van der Waals surface area contributed by atoms with Crippen LogP contribution in [0.5, 0.6) is 5.75 Å². The Morgan fingerprint density at radius 2 is 1.82 bits per heavy atom. The molecule has 0 bridgehead atoms. The van der Waals surface area contributed by atoms with E-state index in [0.717, 1.165) is 57.6 Å². The molecule has 28 heavy (non-hydrogen) atoms. The first-order valence-corrected chi connectivity index (χ1v) is 10.8. The summed E-state index contributed by atoms with van der Waals surface area (Å²) in [6, 6.07) is 7.54. The van der Waals surface area contributed by atoms with Gasteiger partial charge in [0.1, 0.15) is 5.75 Å². The van der Waals surface area contributed by atoms with Crippen LogP contribution >= 0.6 is 0 Å². The third kappa shape index (κ3) is 5.73. The Morgan fingerprint density at radius 1 is 1.07 bits per heavy atom. The summed E-state index contributed by atoms with van der Waals surface area (Å²) in [5.74, 6) is 1.85. The highest BCUT2D eigenvalue weighted by Crippen LogP contribution is 2.22. The van der Waals surface area contributed by atoms with Crippen LogP contribution in [0.25, 0.3) is 0 Å². The van der Waals surface area contributed by atoms with Crippen molar-refractivity contribution in [1.82, 2.24) is 9.80 Å². The molecule has 0 saturated carbocycles. The minimum absolute atomic E-state index is 0.105. The summed E-state index contributed by atoms with van der Waals surface area (Å²) >= 11 is 0. The van der Waals surface area contributed by atoms with Gasteiger partial charge >= 0.3 is 0 Å². The zero-order valence-corrected chi connectivity index (χ0v) is 17.4. The second kappa shape index (κ2) is 9.94. The lowest BCUT2D eigenvalue weighted by molar-refractivity contribution is -0.134. The number of hydrogen-bond donors (Lipinski definition) is 0. The van der Waals surface area contributed by atoms with Crippen LogP contribution in [0.15, 0.2) is 24.3 Å². The van der Waals surface area contributed by atoms with Crippen LogP contribution in [0.2, 0.25) is 0 Å². The fourth-order valence-electron chi connectivity index (χ4n) is 4.12. The first-order chi connectivity index (χ1) is 13.5. The molecular weight excluding hydrogens is 352 g/mol. The molecule has 154 valence electrons. The van der Waals surface area contributed by atoms with E-state index in [1.807, 2.05) is 34.1 Å². The molecule has 0 radical (unpaired) electrons. The highest BCUT2D eigenvalue weighted by molar-refractivity contribution is 5.94. The fourth-order valence-corrected chi connectivity index (χ4v) is 4.12. The molecule has 2 fully saturated rings. The summed E-state index contributed by atoms with van der Waals surface area (Å²) in [4.78, 5) is 29.0. The summed E-state index contributed by atoms with van der Waals surface area (Å²) in [6.07, 6.45) is 6.13. The molecule has 0 aliphatic carbocycles. The van der Waals surface area contributed by atoms with Crippen molar-refractivity contribution in [2.24, 2.45) is 11.8 Å². The third-order valence-electron chi connectivity index (χ3n) is 5.66. The Labute approximate surface area is 169 Å². The van der Waals surface area contributed by atoms with Gasteiger partial charge in [-0.3, -0.25) is 9.59 Å². The van der Waals surface area contributed by atoms with E-state index < -0.39 is 0 Å². The maximum atomic E-state index is 12.7. The predicted octanol–water partition coefficient (Wildman–Crippen LogP) is 3.98. The van der Waals surface area contributed by atoms with Crippen LogP contribution in [-0.4, -0.2) is 54.4 Å². The van der Waals surface area contributed by atoms with E-state index in [0.29, 0.717) is 30.4 Å². The number of carbonyl (C=O) groups is 2. The standard InChI is InChI=1S/C23H34N2O3/c1-18(2)14-22(26)25-13-7-8-19(16-25)17-28-21-10-6-9-20(15-21)23(27)24-11-4-3-5-12-24/h6,9-10,15,18-19H,3-5,7-8,11-14,16-17H2,1-2H3. The second-order valence-electron chi connectivity index (χ2n) is 8.64. The molecule has 1 aromatic rings. The highest BCUT2D eigenvalue weighted by Gasteiger charge is 2.24. The van der Waals surface area contributed by atoms with Gasteiger partial charge in [0.15, 0.2) is 0 Å². The number of hydrogen-bond acceptors (Lipinski definition) is 3. The largest absolute Gasteiger partial charge is 0.493 e. The van der Waals surface area contributed by atoms with Crippen LogP contribution in [0.3, 0.4) is 0 Å². The molecule has 1 aromatic carbocycles. The zero-order valence-electron chi connectivity index (χ0n) is 17.4. The Morgan fingerprint density at radius 3 is 2.57 bits per heavy atom. The monoisotopic (exact) mass is 386 g/mol. The van der Waals surface area contributed by atoms with Gasteiger partial charge in [-0.1, -0.05) is 19.9 Å². The number of benzene rings is 1. The Bertz CT molecular complexity index is 668. The van der Waals surface area contributed by atoms with E-state index in [-0.39, 0.29) is 11.8 Å². The number of piperidine rings is 2. The summed E-state index contributed by atoms with van der Waals surface area (Å²) in [5, 5.41) is 0. The molecular formula is C23H34N2O3. The number of nitrogens with zero attached hydrogens (tertiary/aromatic N) is 2. The van der Waals surface area contributed by atoms with Crippen molar-refractivity contribution in [3.63, 3.8) is 0 Å². The van der Waals surface area contributed by atoms with E-state index in [4.69, 9.17) is 4.74 Å². The van der Waals surface area contributed by atoms with Gasteiger partial charge in [-0.05, 0) is 56.2 Å². The molecule has 0 spiro atoms. The highest BCUT2D eigenvalue weighted by atomic mass is 16.5. The van der Waals surface area contributed by atoms with E-state index >= 15 is 0 Å². The maximum absolute atomic E-state index is 12.7. The molecule has 0 N–H and O–H groups in total. The molecule has 2 saturated heterocycles. The minimum atomic E-state index is 0.105. The quantitative estimate of drug-likeness (QED) is 0.743. The van der Waals surface area contributed by atoms with Crippen LogP contribution < -0.4 is 4.74 Å². The van der Waals surface area contributed by atoms with E-state index in [1.54, 1.807) is 0 Å². The Kier molecular flexibility index (Phi) is 7.35. The topological polar surface area (TPSA) is 49.9 Å². The lowest BCUT2D eigenvalue weighted by atomic mass is 9.98. The van der Waals surface area contributed by atoms with Crippen LogP contribution in [-0.2, 0) is 4.79 Å². The van der Waals surface area contributed by atoms with Gasteiger partial charge in [0.25, 0.3) is 5.91 Å². The average molecular weight is 387 g/mol. The molecule has 0 aromatic heterocycles. The minimum Gasteiger partial charge on any atom is -0.493 e. The Hall–Kier alpha value is -2.04. The van der Waals surface area contributed by atoms with E-state index in [1.165, 1.54) is 6.42 Å². The van der Waals surface area contributed by atoms with Crippen molar-refractivity contribution in [1.29, 1.82) is 0 Å². The molecule has 5 nitrogen and oxygen atoms in total. The second-order valence-corrected chi connectivity index (χ2v) is 8.64. The number of amides is 2. The molecule has 3 rings (SSSR count). The summed E-state index contributed by atoms with van der Waals surface area (Å²) in [5.41, 5.74) is 0.705. The van der Waals surface area contributed by atoms with Gasteiger partial charge in [0.2, 0.25) is 5.91 Å². The van der Waals surface area contributed by atoms with Crippen LogP contribution in [0, 0.1) is 11.8 Å². The number of likely N-dealkylation sites (tertiary alicyclic amines) is 2. The van der Waals surface area contributed by atoms with Crippen molar-refractivity contribution >= 4 is 11.8 Å². The molecule has 2 heterocycles. The van der Waals surface area contributed by atoms with Crippen molar-refractivity contribution in [2.45, 2.75) is 52.4 Å². The third-order valence-corrected chi connectivity index (χ3v) is 5.66. The van der Waals surface area contributed by atoms with Gasteiger partial charge in [-0.2, -0.15) is 0 Å². The molecule has 2 aliphatic heterocycles. The molecule has 2 amide bonds. The van der Waals surface area contributed by atoms with Crippen molar-refractivity contribution in [3.05, 3.63) is 29.8 Å². The number of ether oxygens (including phenoxy) is 1. The van der Waals surface area contributed by atoms with Crippen LogP contribution in [0.1, 0.15) is 62.7 Å². The van der Waals surface area contributed by atoms with Gasteiger partial charge in [0.05, 0.1) is 6.61 Å². The van der Waals surface area contributed by atoms with E-state index in [9.17, 15) is 9.59 Å². The van der Waals surface area contributed by atoms with Crippen molar-refractivity contribution in [2.75, 3.05) is 32.8 Å².